The van der Waals surface area contributed by atoms with Gasteiger partial charge in [-0.1, -0.05) is 18.2 Å². The van der Waals surface area contributed by atoms with Crippen LogP contribution in [0.2, 0.25) is 0 Å². The first-order valence-corrected chi connectivity index (χ1v) is 10.5. The summed E-state index contributed by atoms with van der Waals surface area (Å²) in [6.45, 7) is 3.39. The number of nitrogens with zero attached hydrogens (tertiary/aromatic N) is 2. The van der Waals surface area contributed by atoms with E-state index in [4.69, 9.17) is 9.47 Å². The third-order valence-electron chi connectivity index (χ3n) is 5.38. The fraction of sp³-hybridized carbons (Fsp3) is 0.280. The van der Waals surface area contributed by atoms with Crippen LogP contribution in [0.1, 0.15) is 47.3 Å². The number of carbonyl (C=O) groups excluding carboxylic acids is 1. The molecule has 4 rings (SSSR count). The lowest BCUT2D eigenvalue weighted by molar-refractivity contribution is 0.0735. The van der Waals surface area contributed by atoms with Gasteiger partial charge in [-0.2, -0.15) is 0 Å². The molecule has 0 bridgehead atoms. The number of pyridine rings is 1. The molecule has 160 valence electrons. The van der Waals surface area contributed by atoms with Gasteiger partial charge in [-0.15, -0.1) is 0 Å². The van der Waals surface area contributed by atoms with Gasteiger partial charge in [0, 0.05) is 30.1 Å². The highest BCUT2D eigenvalue weighted by molar-refractivity contribution is 5.95. The first-order chi connectivity index (χ1) is 15.2. The zero-order chi connectivity index (χ0) is 21.6. The van der Waals surface area contributed by atoms with Gasteiger partial charge >= 0.3 is 0 Å². The van der Waals surface area contributed by atoms with Crippen molar-refractivity contribution >= 4 is 5.91 Å². The molecule has 1 atom stereocenters. The summed E-state index contributed by atoms with van der Waals surface area (Å²) in [6.07, 6.45) is 5.24. The number of likely N-dealkylation sites (tertiary alicyclic amines) is 1. The van der Waals surface area contributed by atoms with Crippen molar-refractivity contribution in [1.82, 2.24) is 9.88 Å². The Balaban J connectivity index is 1.53. The van der Waals surface area contributed by atoms with Crippen LogP contribution in [-0.4, -0.2) is 28.9 Å². The summed E-state index contributed by atoms with van der Waals surface area (Å²) in [6, 6.07) is 15.4. The van der Waals surface area contributed by atoms with Crippen molar-refractivity contribution < 1.29 is 18.7 Å². The molecular weight excluding hydrogens is 395 g/mol. The van der Waals surface area contributed by atoms with Gasteiger partial charge in [0.1, 0.15) is 12.4 Å². The maximum Gasteiger partial charge on any atom is 0.254 e. The molecule has 1 fully saturated rings. The van der Waals surface area contributed by atoms with Crippen LogP contribution in [0, 0.1) is 5.82 Å². The van der Waals surface area contributed by atoms with Gasteiger partial charge in [0.25, 0.3) is 5.91 Å². The van der Waals surface area contributed by atoms with E-state index in [1.54, 1.807) is 42.7 Å². The maximum absolute atomic E-state index is 13.3. The minimum absolute atomic E-state index is 0.0508. The predicted molar refractivity (Wildman–Crippen MR) is 116 cm³/mol. The Bertz CT molecular complexity index is 1020. The maximum atomic E-state index is 13.3. The molecular formula is C25H25FN2O3. The Labute approximate surface area is 181 Å². The number of hydrogen-bond acceptors (Lipinski definition) is 4. The third-order valence-corrected chi connectivity index (χ3v) is 5.38. The fourth-order valence-corrected chi connectivity index (χ4v) is 3.88. The first kappa shape index (κ1) is 20.8. The predicted octanol–water partition coefficient (Wildman–Crippen LogP) is 5.18. The number of amides is 1. The number of carbonyl (C=O) groups is 1. The molecule has 1 unspecified atom stereocenters. The van der Waals surface area contributed by atoms with E-state index in [1.165, 1.54) is 12.1 Å². The summed E-state index contributed by atoms with van der Waals surface area (Å²) in [4.78, 5) is 19.2. The smallest absolute Gasteiger partial charge is 0.254 e. The molecule has 0 aliphatic carbocycles. The molecule has 31 heavy (non-hydrogen) atoms. The lowest BCUT2D eigenvalue weighted by atomic mass is 10.0. The van der Waals surface area contributed by atoms with Gasteiger partial charge in [-0.05, 0) is 61.7 Å². The van der Waals surface area contributed by atoms with Gasteiger partial charge in [0.15, 0.2) is 11.5 Å². The average Bonchev–Trinajstić information content (AvgIpc) is 3.29. The van der Waals surface area contributed by atoms with E-state index in [0.717, 1.165) is 24.0 Å². The number of aromatic nitrogens is 1. The zero-order valence-corrected chi connectivity index (χ0v) is 17.5. The number of hydrogen-bond donors (Lipinski definition) is 0. The molecule has 0 radical (unpaired) electrons. The van der Waals surface area contributed by atoms with Gasteiger partial charge < -0.3 is 14.4 Å². The fourth-order valence-electron chi connectivity index (χ4n) is 3.88. The van der Waals surface area contributed by atoms with Crippen LogP contribution in [-0.2, 0) is 6.61 Å². The highest BCUT2D eigenvalue weighted by atomic mass is 19.1. The number of benzene rings is 2. The Morgan fingerprint density at radius 2 is 1.97 bits per heavy atom. The van der Waals surface area contributed by atoms with E-state index < -0.39 is 0 Å². The second-order valence-electron chi connectivity index (χ2n) is 7.45. The molecule has 6 heteroatoms. The second-order valence-corrected chi connectivity index (χ2v) is 7.45. The zero-order valence-electron chi connectivity index (χ0n) is 17.5. The number of halogens is 1. The van der Waals surface area contributed by atoms with Crippen molar-refractivity contribution in [3.8, 4) is 11.5 Å². The Morgan fingerprint density at radius 1 is 1.13 bits per heavy atom. The van der Waals surface area contributed by atoms with Crippen LogP contribution in [0.15, 0.2) is 67.0 Å². The Kier molecular flexibility index (Phi) is 6.46. The molecule has 3 aromatic rings. The third kappa shape index (κ3) is 4.85. The van der Waals surface area contributed by atoms with Crippen molar-refractivity contribution in [2.24, 2.45) is 0 Å². The Hall–Kier alpha value is -3.41. The minimum Gasteiger partial charge on any atom is -0.490 e. The molecule has 1 amide bonds. The van der Waals surface area contributed by atoms with Crippen LogP contribution < -0.4 is 9.47 Å². The summed E-state index contributed by atoms with van der Waals surface area (Å²) >= 11 is 0. The van der Waals surface area contributed by atoms with E-state index in [2.05, 4.69) is 4.98 Å². The van der Waals surface area contributed by atoms with Crippen molar-refractivity contribution in [3.05, 3.63) is 89.5 Å². The highest BCUT2D eigenvalue weighted by Crippen LogP contribution is 2.35. The normalized spacial score (nSPS) is 15.7. The summed E-state index contributed by atoms with van der Waals surface area (Å²) in [5, 5.41) is 0. The molecule has 0 spiro atoms. The van der Waals surface area contributed by atoms with Crippen LogP contribution in [0.4, 0.5) is 4.39 Å². The van der Waals surface area contributed by atoms with E-state index in [-0.39, 0.29) is 17.8 Å². The van der Waals surface area contributed by atoms with Crippen molar-refractivity contribution in [1.29, 1.82) is 0 Å². The monoisotopic (exact) mass is 420 g/mol. The standard InChI is InChI=1S/C25H25FN2O3/c1-2-30-24-15-20(9-12-23(24)31-17-18-5-3-13-27-16-18)25(29)28-14-4-6-22(28)19-7-10-21(26)11-8-19/h3,5,7-13,15-16,22H,2,4,6,14,17H2,1H3. The molecule has 5 nitrogen and oxygen atoms in total. The van der Waals surface area contributed by atoms with Gasteiger partial charge in [0.05, 0.1) is 12.6 Å². The molecule has 2 heterocycles. The molecule has 0 N–H and O–H groups in total. The average molecular weight is 420 g/mol. The molecule has 1 aliphatic heterocycles. The van der Waals surface area contributed by atoms with Crippen LogP contribution in [0.25, 0.3) is 0 Å². The van der Waals surface area contributed by atoms with Gasteiger partial charge in [0.2, 0.25) is 0 Å². The summed E-state index contributed by atoms with van der Waals surface area (Å²) < 4.78 is 25.0. The summed E-state index contributed by atoms with van der Waals surface area (Å²) in [7, 11) is 0. The second kappa shape index (κ2) is 9.60. The van der Waals surface area contributed by atoms with E-state index in [1.807, 2.05) is 24.0 Å². The van der Waals surface area contributed by atoms with Gasteiger partial charge in [-0.25, -0.2) is 4.39 Å². The first-order valence-electron chi connectivity index (χ1n) is 10.5. The van der Waals surface area contributed by atoms with Crippen molar-refractivity contribution in [2.45, 2.75) is 32.4 Å². The van der Waals surface area contributed by atoms with E-state index >= 15 is 0 Å². The lowest BCUT2D eigenvalue weighted by Crippen LogP contribution is -2.30. The van der Waals surface area contributed by atoms with E-state index in [9.17, 15) is 9.18 Å². The van der Waals surface area contributed by atoms with Crippen LogP contribution in [0.3, 0.4) is 0 Å². The molecule has 0 saturated carbocycles. The largest absolute Gasteiger partial charge is 0.490 e. The van der Waals surface area contributed by atoms with Gasteiger partial charge in [-0.3, -0.25) is 9.78 Å². The molecule has 2 aromatic carbocycles. The number of ether oxygens (including phenoxy) is 2. The van der Waals surface area contributed by atoms with E-state index in [0.29, 0.717) is 36.8 Å². The van der Waals surface area contributed by atoms with Crippen molar-refractivity contribution in [3.63, 3.8) is 0 Å². The van der Waals surface area contributed by atoms with Crippen LogP contribution in [0.5, 0.6) is 11.5 Å². The topological polar surface area (TPSA) is 51.7 Å². The lowest BCUT2D eigenvalue weighted by Gasteiger charge is -2.25. The summed E-state index contributed by atoms with van der Waals surface area (Å²) in [5.41, 5.74) is 2.45. The van der Waals surface area contributed by atoms with Crippen LogP contribution >= 0.6 is 0 Å². The minimum atomic E-state index is -0.275. The highest BCUT2D eigenvalue weighted by Gasteiger charge is 2.31. The quantitative estimate of drug-likeness (QED) is 0.529. The SMILES string of the molecule is CCOc1cc(C(=O)N2CCCC2c2ccc(F)cc2)ccc1OCc1cccnc1. The molecule has 1 saturated heterocycles. The Morgan fingerprint density at radius 3 is 2.71 bits per heavy atom. The molecule has 1 aromatic heterocycles. The number of rotatable bonds is 7. The molecule has 1 aliphatic rings. The summed E-state index contributed by atoms with van der Waals surface area (Å²) in [5.74, 6) is 0.781. The van der Waals surface area contributed by atoms with Crippen molar-refractivity contribution in [2.75, 3.05) is 13.2 Å².